The Morgan fingerprint density at radius 1 is 1.24 bits per heavy atom. The van der Waals surface area contributed by atoms with E-state index in [4.69, 9.17) is 5.73 Å². The van der Waals surface area contributed by atoms with Crippen molar-refractivity contribution in [2.75, 3.05) is 24.6 Å². The average Bonchev–Trinajstić information content (AvgIpc) is 2.46. The SMILES string of the molecule is CCCCN(CCCC)C(=O)CSc1ccc(N)cc1F. The van der Waals surface area contributed by atoms with Gasteiger partial charge in [-0.25, -0.2) is 4.39 Å². The second-order valence-electron chi connectivity index (χ2n) is 5.07. The molecule has 0 aromatic heterocycles. The van der Waals surface area contributed by atoms with E-state index in [1.165, 1.54) is 17.8 Å². The quantitative estimate of drug-likeness (QED) is 0.555. The van der Waals surface area contributed by atoms with Gasteiger partial charge < -0.3 is 10.6 Å². The summed E-state index contributed by atoms with van der Waals surface area (Å²) in [5, 5.41) is 0. The molecule has 0 aliphatic rings. The number of carbonyl (C=O) groups excluding carboxylic acids is 1. The normalized spacial score (nSPS) is 10.6. The molecular weight excluding hydrogens is 287 g/mol. The molecular formula is C16H25FN2OS. The molecule has 0 heterocycles. The maximum atomic E-state index is 13.7. The van der Waals surface area contributed by atoms with E-state index in [1.807, 2.05) is 4.90 Å². The molecule has 0 fully saturated rings. The van der Waals surface area contributed by atoms with Crippen molar-refractivity contribution in [1.29, 1.82) is 0 Å². The monoisotopic (exact) mass is 312 g/mol. The summed E-state index contributed by atoms with van der Waals surface area (Å²) in [5.41, 5.74) is 5.92. The highest BCUT2D eigenvalue weighted by molar-refractivity contribution is 8.00. The van der Waals surface area contributed by atoms with Gasteiger partial charge in [0.15, 0.2) is 0 Å². The second-order valence-corrected chi connectivity index (χ2v) is 6.08. The summed E-state index contributed by atoms with van der Waals surface area (Å²) in [6.45, 7) is 5.81. The number of nitrogens with two attached hydrogens (primary N) is 1. The Balaban J connectivity index is 2.55. The molecule has 1 aromatic carbocycles. The first-order valence-electron chi connectivity index (χ1n) is 7.54. The predicted octanol–water partition coefficient (Wildman–Crippen LogP) is 3.93. The number of carbonyl (C=O) groups is 1. The van der Waals surface area contributed by atoms with Crippen LogP contribution >= 0.6 is 11.8 Å². The van der Waals surface area contributed by atoms with Crippen molar-refractivity contribution in [3.05, 3.63) is 24.0 Å². The summed E-state index contributed by atoms with van der Waals surface area (Å²) < 4.78 is 13.7. The van der Waals surface area contributed by atoms with Crippen LogP contribution in [0.2, 0.25) is 0 Å². The van der Waals surface area contributed by atoms with E-state index >= 15 is 0 Å². The average molecular weight is 312 g/mol. The van der Waals surface area contributed by atoms with Crippen LogP contribution in [0.25, 0.3) is 0 Å². The molecule has 0 saturated heterocycles. The first-order valence-corrected chi connectivity index (χ1v) is 8.52. The third-order valence-corrected chi connectivity index (χ3v) is 4.26. The molecule has 0 saturated carbocycles. The number of halogens is 1. The van der Waals surface area contributed by atoms with Crippen LogP contribution in [0.15, 0.2) is 23.1 Å². The highest BCUT2D eigenvalue weighted by Gasteiger charge is 2.14. The van der Waals surface area contributed by atoms with Gasteiger partial charge in [-0.3, -0.25) is 4.79 Å². The lowest BCUT2D eigenvalue weighted by Gasteiger charge is -2.22. The molecule has 0 spiro atoms. The van der Waals surface area contributed by atoms with Gasteiger partial charge in [0.25, 0.3) is 0 Å². The Labute approximate surface area is 131 Å². The van der Waals surface area contributed by atoms with Crippen molar-refractivity contribution < 1.29 is 9.18 Å². The van der Waals surface area contributed by atoms with Crippen molar-refractivity contribution in [3.63, 3.8) is 0 Å². The zero-order chi connectivity index (χ0) is 15.7. The third-order valence-electron chi connectivity index (χ3n) is 3.22. The number of hydrogen-bond donors (Lipinski definition) is 1. The molecule has 1 amide bonds. The summed E-state index contributed by atoms with van der Waals surface area (Å²) in [7, 11) is 0. The maximum absolute atomic E-state index is 13.7. The van der Waals surface area contributed by atoms with Crippen molar-refractivity contribution in [1.82, 2.24) is 4.90 Å². The highest BCUT2D eigenvalue weighted by Crippen LogP contribution is 2.23. The number of thioether (sulfide) groups is 1. The van der Waals surface area contributed by atoms with E-state index in [2.05, 4.69) is 13.8 Å². The van der Waals surface area contributed by atoms with Crippen LogP contribution in [0.4, 0.5) is 10.1 Å². The zero-order valence-corrected chi connectivity index (χ0v) is 13.7. The van der Waals surface area contributed by atoms with Crippen LogP contribution in [-0.2, 0) is 4.79 Å². The minimum absolute atomic E-state index is 0.0816. The molecule has 2 N–H and O–H groups in total. The van der Waals surface area contributed by atoms with E-state index in [9.17, 15) is 9.18 Å². The molecule has 1 aromatic rings. The minimum atomic E-state index is -0.360. The Bertz CT molecular complexity index is 446. The zero-order valence-electron chi connectivity index (χ0n) is 12.9. The largest absolute Gasteiger partial charge is 0.399 e. The lowest BCUT2D eigenvalue weighted by Crippen LogP contribution is -2.34. The van der Waals surface area contributed by atoms with E-state index < -0.39 is 0 Å². The Hall–Kier alpha value is -1.23. The Morgan fingerprint density at radius 2 is 1.86 bits per heavy atom. The van der Waals surface area contributed by atoms with Crippen LogP contribution < -0.4 is 5.73 Å². The van der Waals surface area contributed by atoms with Crippen LogP contribution in [0.3, 0.4) is 0 Å². The predicted molar refractivity (Wildman–Crippen MR) is 87.9 cm³/mol. The first-order chi connectivity index (χ1) is 10.1. The fourth-order valence-electron chi connectivity index (χ4n) is 1.92. The summed E-state index contributed by atoms with van der Waals surface area (Å²) in [4.78, 5) is 14.6. The molecule has 0 aliphatic heterocycles. The lowest BCUT2D eigenvalue weighted by atomic mass is 10.2. The topological polar surface area (TPSA) is 46.3 Å². The van der Waals surface area contributed by atoms with Gasteiger partial charge >= 0.3 is 0 Å². The van der Waals surface area contributed by atoms with E-state index in [-0.39, 0.29) is 17.5 Å². The Morgan fingerprint density at radius 3 is 2.38 bits per heavy atom. The number of nitrogen functional groups attached to an aromatic ring is 1. The van der Waals surface area contributed by atoms with Crippen molar-refractivity contribution >= 4 is 23.4 Å². The molecule has 3 nitrogen and oxygen atoms in total. The van der Waals surface area contributed by atoms with Crippen molar-refractivity contribution in [2.24, 2.45) is 0 Å². The number of anilines is 1. The minimum Gasteiger partial charge on any atom is -0.399 e. The first kappa shape index (κ1) is 17.8. The molecule has 0 atom stereocenters. The van der Waals surface area contributed by atoms with Gasteiger partial charge in [0.05, 0.1) is 5.75 Å². The van der Waals surface area contributed by atoms with Crippen LogP contribution in [0.1, 0.15) is 39.5 Å². The number of benzene rings is 1. The number of nitrogens with zero attached hydrogens (tertiary/aromatic N) is 1. The molecule has 0 radical (unpaired) electrons. The van der Waals surface area contributed by atoms with Gasteiger partial charge in [-0.05, 0) is 31.0 Å². The summed E-state index contributed by atoms with van der Waals surface area (Å²) in [6, 6.07) is 4.58. The van der Waals surface area contributed by atoms with Gasteiger partial charge in [-0.15, -0.1) is 11.8 Å². The molecule has 1 rings (SSSR count). The fourth-order valence-corrected chi connectivity index (χ4v) is 2.75. The molecule has 0 aliphatic carbocycles. The highest BCUT2D eigenvalue weighted by atomic mass is 32.2. The number of rotatable bonds is 9. The van der Waals surface area contributed by atoms with E-state index in [1.54, 1.807) is 12.1 Å². The van der Waals surface area contributed by atoms with Crippen LogP contribution in [-0.4, -0.2) is 29.6 Å². The molecule has 0 bridgehead atoms. The van der Waals surface area contributed by atoms with Gasteiger partial charge in [-0.1, -0.05) is 26.7 Å². The number of hydrogen-bond acceptors (Lipinski definition) is 3. The summed E-state index contributed by atoms with van der Waals surface area (Å²) in [5.74, 6) is -0.00607. The standard InChI is InChI=1S/C16H25FN2OS/c1-3-5-9-19(10-6-4-2)16(20)12-21-15-8-7-13(18)11-14(15)17/h7-8,11H,3-6,9-10,12,18H2,1-2H3. The van der Waals surface area contributed by atoms with Crippen molar-refractivity contribution in [3.8, 4) is 0 Å². The lowest BCUT2D eigenvalue weighted by molar-refractivity contribution is -0.128. The van der Waals surface area contributed by atoms with Gasteiger partial charge in [-0.2, -0.15) is 0 Å². The fraction of sp³-hybridized carbons (Fsp3) is 0.562. The summed E-state index contributed by atoms with van der Waals surface area (Å²) in [6.07, 6.45) is 4.15. The smallest absolute Gasteiger partial charge is 0.232 e. The van der Waals surface area contributed by atoms with Crippen molar-refractivity contribution in [2.45, 2.75) is 44.4 Å². The van der Waals surface area contributed by atoms with Crippen LogP contribution in [0.5, 0.6) is 0 Å². The van der Waals surface area contributed by atoms with E-state index in [0.717, 1.165) is 38.8 Å². The molecule has 0 unspecified atom stereocenters. The molecule has 21 heavy (non-hydrogen) atoms. The summed E-state index contributed by atoms with van der Waals surface area (Å²) >= 11 is 1.24. The van der Waals surface area contributed by atoms with Gasteiger partial charge in [0.2, 0.25) is 5.91 Å². The number of unbranched alkanes of at least 4 members (excludes halogenated alkanes) is 2. The second kappa shape index (κ2) is 9.66. The third kappa shape index (κ3) is 6.38. The van der Waals surface area contributed by atoms with Gasteiger partial charge in [0, 0.05) is 23.7 Å². The molecule has 118 valence electrons. The number of amides is 1. The van der Waals surface area contributed by atoms with Gasteiger partial charge in [0.1, 0.15) is 5.82 Å². The van der Waals surface area contributed by atoms with Crippen LogP contribution in [0, 0.1) is 5.82 Å². The van der Waals surface area contributed by atoms with E-state index in [0.29, 0.717) is 10.6 Å². The Kier molecular flexibility index (Phi) is 8.20. The maximum Gasteiger partial charge on any atom is 0.232 e. The molecule has 5 heteroatoms.